The largest absolute Gasteiger partial charge is 0.586 e. The number of alkyl halides is 2. The fourth-order valence-corrected chi connectivity index (χ4v) is 1.09. The molecule has 0 aliphatic carbocycles. The van der Waals surface area contributed by atoms with Crippen LogP contribution in [0.5, 0.6) is 11.5 Å². The number of halogens is 2. The zero-order valence-corrected chi connectivity index (χ0v) is 6.59. The van der Waals surface area contributed by atoms with Crippen molar-refractivity contribution >= 4 is 6.08 Å². The second-order valence-electron chi connectivity index (χ2n) is 2.58. The van der Waals surface area contributed by atoms with Crippen LogP contribution in [-0.2, 0) is 0 Å². The summed E-state index contributed by atoms with van der Waals surface area (Å²) in [5.41, 5.74) is 0.708. The van der Waals surface area contributed by atoms with Gasteiger partial charge in [0.2, 0.25) is 0 Å². The highest BCUT2D eigenvalue weighted by Gasteiger charge is 2.43. The third-order valence-electron chi connectivity index (χ3n) is 1.66. The van der Waals surface area contributed by atoms with Gasteiger partial charge in [0.1, 0.15) is 0 Å². The van der Waals surface area contributed by atoms with E-state index in [2.05, 4.69) is 16.1 Å². The molecule has 4 heteroatoms. The monoisotopic (exact) mass is 184 g/mol. The first-order chi connectivity index (χ1) is 6.11. The van der Waals surface area contributed by atoms with Crippen molar-refractivity contribution in [3.05, 3.63) is 30.3 Å². The highest BCUT2D eigenvalue weighted by molar-refractivity contribution is 5.55. The summed E-state index contributed by atoms with van der Waals surface area (Å²) in [4.78, 5) is 0. The van der Waals surface area contributed by atoms with Crippen molar-refractivity contribution in [1.29, 1.82) is 0 Å². The fraction of sp³-hybridized carbons (Fsp3) is 0.111. The highest BCUT2D eigenvalue weighted by Crippen LogP contribution is 2.41. The molecule has 0 saturated heterocycles. The molecule has 2 nitrogen and oxygen atoms in total. The molecular weight excluding hydrogens is 178 g/mol. The van der Waals surface area contributed by atoms with Gasteiger partial charge in [0.25, 0.3) is 0 Å². The van der Waals surface area contributed by atoms with Crippen LogP contribution in [-0.4, -0.2) is 6.29 Å². The van der Waals surface area contributed by atoms with Gasteiger partial charge in [-0.25, -0.2) is 0 Å². The van der Waals surface area contributed by atoms with E-state index in [4.69, 9.17) is 0 Å². The van der Waals surface area contributed by atoms with Crippen LogP contribution in [0.1, 0.15) is 5.56 Å². The maximum absolute atomic E-state index is 12.5. The average molecular weight is 184 g/mol. The summed E-state index contributed by atoms with van der Waals surface area (Å²) in [5, 5.41) is 0. The molecule has 1 aliphatic heterocycles. The van der Waals surface area contributed by atoms with Crippen LogP contribution in [0.25, 0.3) is 6.08 Å². The second kappa shape index (κ2) is 2.45. The van der Waals surface area contributed by atoms with Gasteiger partial charge in [-0.15, -0.1) is 8.78 Å². The molecule has 0 aromatic heterocycles. The molecule has 0 N–H and O–H groups in total. The first-order valence-electron chi connectivity index (χ1n) is 3.63. The Balaban J connectivity index is 2.41. The summed E-state index contributed by atoms with van der Waals surface area (Å²) in [5.74, 6) is 0.0954. The van der Waals surface area contributed by atoms with E-state index >= 15 is 0 Å². The molecule has 1 aromatic carbocycles. The normalized spacial score (nSPS) is 17.1. The molecule has 13 heavy (non-hydrogen) atoms. The minimum atomic E-state index is -3.54. The van der Waals surface area contributed by atoms with Crippen LogP contribution in [0.2, 0.25) is 0 Å². The summed E-state index contributed by atoms with van der Waals surface area (Å²) in [6, 6.07) is 4.49. The molecule has 0 spiro atoms. The van der Waals surface area contributed by atoms with E-state index in [1.807, 2.05) is 0 Å². The van der Waals surface area contributed by atoms with Crippen LogP contribution in [0, 0.1) is 0 Å². The number of rotatable bonds is 1. The van der Waals surface area contributed by atoms with Crippen molar-refractivity contribution in [1.82, 2.24) is 0 Å². The number of hydrogen-bond acceptors (Lipinski definition) is 2. The molecule has 0 unspecified atom stereocenters. The third-order valence-corrected chi connectivity index (χ3v) is 1.66. The van der Waals surface area contributed by atoms with Gasteiger partial charge in [-0.3, -0.25) is 0 Å². The predicted molar refractivity (Wildman–Crippen MR) is 42.7 cm³/mol. The van der Waals surface area contributed by atoms with E-state index in [-0.39, 0.29) is 11.5 Å². The van der Waals surface area contributed by atoms with Crippen molar-refractivity contribution in [2.24, 2.45) is 0 Å². The summed E-state index contributed by atoms with van der Waals surface area (Å²) >= 11 is 0. The van der Waals surface area contributed by atoms with Crippen molar-refractivity contribution in [2.45, 2.75) is 6.29 Å². The van der Waals surface area contributed by atoms with Gasteiger partial charge in [0.15, 0.2) is 11.5 Å². The molecule has 68 valence electrons. The quantitative estimate of drug-likeness (QED) is 0.667. The topological polar surface area (TPSA) is 18.5 Å². The first kappa shape index (κ1) is 8.04. The first-order valence-corrected chi connectivity index (χ1v) is 3.63. The number of fused-ring (bicyclic) bond motifs is 1. The van der Waals surface area contributed by atoms with Crippen molar-refractivity contribution in [3.63, 3.8) is 0 Å². The average Bonchev–Trinajstić information content (AvgIpc) is 2.36. The Morgan fingerprint density at radius 2 is 1.92 bits per heavy atom. The van der Waals surface area contributed by atoms with Gasteiger partial charge in [-0.1, -0.05) is 18.7 Å². The Morgan fingerprint density at radius 1 is 1.23 bits per heavy atom. The minimum absolute atomic E-state index is 0.0439. The van der Waals surface area contributed by atoms with Crippen LogP contribution >= 0.6 is 0 Å². The van der Waals surface area contributed by atoms with E-state index < -0.39 is 6.29 Å². The van der Waals surface area contributed by atoms with Crippen molar-refractivity contribution in [3.8, 4) is 11.5 Å². The summed E-state index contributed by atoms with van der Waals surface area (Å²) < 4.78 is 33.4. The molecule has 0 saturated carbocycles. The van der Waals surface area contributed by atoms with Gasteiger partial charge in [-0.2, -0.15) is 0 Å². The van der Waals surface area contributed by atoms with Gasteiger partial charge >= 0.3 is 6.29 Å². The fourth-order valence-electron chi connectivity index (χ4n) is 1.09. The van der Waals surface area contributed by atoms with E-state index in [9.17, 15) is 8.78 Å². The smallest absolute Gasteiger partial charge is 0.395 e. The molecule has 0 amide bonds. The lowest BCUT2D eigenvalue weighted by molar-refractivity contribution is -0.286. The van der Waals surface area contributed by atoms with E-state index in [0.29, 0.717) is 5.56 Å². The number of hydrogen-bond donors (Lipinski definition) is 0. The van der Waals surface area contributed by atoms with Gasteiger partial charge in [0.05, 0.1) is 0 Å². The van der Waals surface area contributed by atoms with E-state index in [0.717, 1.165) is 0 Å². The van der Waals surface area contributed by atoms with Gasteiger partial charge in [-0.05, 0) is 17.7 Å². The molecule has 0 bridgehead atoms. The molecule has 1 aromatic rings. The lowest BCUT2D eigenvalue weighted by Crippen LogP contribution is -2.25. The summed E-state index contributed by atoms with van der Waals surface area (Å²) in [6.45, 7) is 3.51. The van der Waals surface area contributed by atoms with E-state index in [1.54, 1.807) is 12.1 Å². The van der Waals surface area contributed by atoms with E-state index in [1.165, 1.54) is 12.1 Å². The Morgan fingerprint density at radius 3 is 2.62 bits per heavy atom. The SMILES string of the molecule is C=Cc1ccc2c(c1)OC(F)(F)O2. The Labute approximate surface area is 73.4 Å². The minimum Gasteiger partial charge on any atom is -0.395 e. The van der Waals surface area contributed by atoms with Crippen molar-refractivity contribution < 1.29 is 18.3 Å². The highest BCUT2D eigenvalue weighted by atomic mass is 19.3. The Bertz CT molecular complexity index is 361. The molecule has 1 heterocycles. The van der Waals surface area contributed by atoms with Gasteiger partial charge < -0.3 is 9.47 Å². The zero-order valence-electron chi connectivity index (χ0n) is 6.59. The predicted octanol–water partition coefficient (Wildman–Crippen LogP) is 2.65. The lowest BCUT2D eigenvalue weighted by atomic mass is 10.2. The molecule has 0 fully saturated rings. The van der Waals surface area contributed by atoms with Crippen LogP contribution in [0.4, 0.5) is 8.78 Å². The molecule has 0 atom stereocenters. The summed E-state index contributed by atoms with van der Waals surface area (Å²) in [7, 11) is 0. The van der Waals surface area contributed by atoms with Crippen LogP contribution in [0.3, 0.4) is 0 Å². The second-order valence-corrected chi connectivity index (χ2v) is 2.58. The maximum Gasteiger partial charge on any atom is 0.586 e. The maximum atomic E-state index is 12.5. The number of ether oxygens (including phenoxy) is 2. The summed E-state index contributed by atoms with van der Waals surface area (Å²) in [6.07, 6.45) is -2.00. The Kier molecular flexibility index (Phi) is 1.52. The molecule has 2 rings (SSSR count). The molecular formula is C9H6F2O2. The van der Waals surface area contributed by atoms with Crippen LogP contribution < -0.4 is 9.47 Å². The van der Waals surface area contributed by atoms with Crippen LogP contribution in [0.15, 0.2) is 24.8 Å². The molecule has 1 aliphatic rings. The Hall–Kier alpha value is -1.58. The molecule has 0 radical (unpaired) electrons. The standard InChI is InChI=1S/C9H6F2O2/c1-2-6-3-4-7-8(5-6)13-9(10,11)12-7/h2-5H,1H2. The van der Waals surface area contributed by atoms with Crippen molar-refractivity contribution in [2.75, 3.05) is 0 Å². The number of benzene rings is 1. The third kappa shape index (κ3) is 1.35. The van der Waals surface area contributed by atoms with Gasteiger partial charge in [0, 0.05) is 0 Å². The zero-order chi connectivity index (χ0) is 9.47. The lowest BCUT2D eigenvalue weighted by Gasteiger charge is -2.04.